The summed E-state index contributed by atoms with van der Waals surface area (Å²) in [7, 11) is 0. The molecule has 0 heterocycles. The minimum absolute atomic E-state index is 0.0139. The van der Waals surface area contributed by atoms with Crippen LogP contribution in [-0.4, -0.2) is 46.0 Å². The van der Waals surface area contributed by atoms with Crippen LogP contribution in [0, 0.1) is 5.41 Å². The smallest absolute Gasteiger partial charge is 0.430 e. The van der Waals surface area contributed by atoms with E-state index in [9.17, 15) is 19.2 Å². The van der Waals surface area contributed by atoms with Crippen molar-refractivity contribution in [2.45, 2.75) is 92.9 Å². The maximum atomic E-state index is 12.7. The van der Waals surface area contributed by atoms with Gasteiger partial charge in [-0.3, -0.25) is 9.59 Å². The number of Topliss-reactive ketones (excluding diaryl/α,β-unsaturated/α-hetero) is 2. The van der Waals surface area contributed by atoms with Crippen LogP contribution in [0.3, 0.4) is 0 Å². The van der Waals surface area contributed by atoms with Crippen LogP contribution < -0.4 is 5.43 Å². The van der Waals surface area contributed by atoms with Crippen molar-refractivity contribution in [1.29, 1.82) is 0 Å². The van der Waals surface area contributed by atoms with Crippen LogP contribution in [0.4, 0.5) is 9.59 Å². The molecule has 2 amide bonds. The van der Waals surface area contributed by atoms with Gasteiger partial charge in [0.15, 0.2) is 5.78 Å². The van der Waals surface area contributed by atoms with Gasteiger partial charge in [0.1, 0.15) is 17.2 Å². The second-order valence-corrected chi connectivity index (χ2v) is 9.37. The highest BCUT2D eigenvalue weighted by molar-refractivity contribution is 6.39. The highest BCUT2D eigenvalue weighted by Gasteiger charge is 2.44. The molecule has 0 bridgehead atoms. The number of carbonyl (C=O) groups is 4. The number of nitrogens with one attached hydrogen (secondary N) is 1. The molecule has 0 radical (unpaired) electrons. The number of amides is 2. The lowest BCUT2D eigenvalue weighted by Crippen LogP contribution is -2.61. The highest BCUT2D eigenvalue weighted by atomic mass is 16.6. The van der Waals surface area contributed by atoms with E-state index in [-0.39, 0.29) is 6.42 Å². The Bertz CT molecular complexity index is 578. The van der Waals surface area contributed by atoms with Crippen molar-refractivity contribution < 1.29 is 28.7 Å². The van der Waals surface area contributed by atoms with E-state index < -0.39 is 46.4 Å². The van der Waals surface area contributed by atoms with E-state index in [4.69, 9.17) is 9.47 Å². The van der Waals surface area contributed by atoms with E-state index in [0.717, 1.165) is 5.01 Å². The molecular weight excluding hydrogens is 352 g/mol. The van der Waals surface area contributed by atoms with Crippen molar-refractivity contribution in [3.05, 3.63) is 0 Å². The summed E-state index contributed by atoms with van der Waals surface area (Å²) in [5, 5.41) is 0.759. The van der Waals surface area contributed by atoms with Crippen molar-refractivity contribution in [3.8, 4) is 0 Å². The summed E-state index contributed by atoms with van der Waals surface area (Å²) in [5.74, 6) is -1.43. The molecule has 156 valence electrons. The summed E-state index contributed by atoms with van der Waals surface area (Å²) in [5.41, 5.74) is -0.251. The Morgan fingerprint density at radius 3 is 1.63 bits per heavy atom. The molecule has 0 aliphatic carbocycles. The molecule has 8 nitrogen and oxygen atoms in total. The lowest BCUT2D eigenvalue weighted by atomic mass is 9.82. The fourth-order valence-electron chi connectivity index (χ4n) is 2.15. The number of carbonyl (C=O) groups excluding carboxylic acids is 4. The third-order valence-corrected chi connectivity index (χ3v) is 3.12. The number of nitrogens with zero attached hydrogens (tertiary/aromatic N) is 1. The van der Waals surface area contributed by atoms with E-state index >= 15 is 0 Å². The fourth-order valence-corrected chi connectivity index (χ4v) is 2.15. The highest BCUT2D eigenvalue weighted by Crippen LogP contribution is 2.27. The van der Waals surface area contributed by atoms with Crippen LogP contribution in [0.15, 0.2) is 0 Å². The maximum absolute atomic E-state index is 12.7. The average molecular weight is 386 g/mol. The van der Waals surface area contributed by atoms with Gasteiger partial charge in [0.05, 0.1) is 0 Å². The zero-order valence-electron chi connectivity index (χ0n) is 18.2. The monoisotopic (exact) mass is 386 g/mol. The van der Waals surface area contributed by atoms with Crippen molar-refractivity contribution in [1.82, 2.24) is 10.4 Å². The lowest BCUT2D eigenvalue weighted by molar-refractivity contribution is -0.143. The van der Waals surface area contributed by atoms with Crippen LogP contribution in [0.2, 0.25) is 0 Å². The predicted octanol–water partition coefficient (Wildman–Crippen LogP) is 3.63. The maximum Gasteiger partial charge on any atom is 0.430 e. The molecule has 0 saturated heterocycles. The molecule has 0 aliphatic rings. The normalized spacial score (nSPS) is 13.4. The van der Waals surface area contributed by atoms with E-state index in [1.54, 1.807) is 69.2 Å². The minimum Gasteiger partial charge on any atom is -0.443 e. The molecule has 1 atom stereocenters. The molecule has 0 rings (SSSR count). The Balaban J connectivity index is 6.01. The van der Waals surface area contributed by atoms with Gasteiger partial charge < -0.3 is 9.47 Å². The summed E-state index contributed by atoms with van der Waals surface area (Å²) in [6.45, 7) is 16.6. The Hall–Kier alpha value is -2.12. The predicted molar refractivity (Wildman–Crippen MR) is 101 cm³/mol. The summed E-state index contributed by atoms with van der Waals surface area (Å²) in [6.07, 6.45) is -1.90. The molecule has 0 aromatic heterocycles. The van der Waals surface area contributed by atoms with Crippen molar-refractivity contribution in [2.75, 3.05) is 0 Å². The zero-order chi connectivity index (χ0) is 21.8. The van der Waals surface area contributed by atoms with Gasteiger partial charge in [-0.1, -0.05) is 27.7 Å². The first-order valence-corrected chi connectivity index (χ1v) is 8.98. The van der Waals surface area contributed by atoms with Crippen LogP contribution >= 0.6 is 0 Å². The molecule has 0 unspecified atom stereocenters. The summed E-state index contributed by atoms with van der Waals surface area (Å²) < 4.78 is 10.5. The molecular formula is C19H34N2O6. The third kappa shape index (κ3) is 8.88. The number of hydrogen-bond donors (Lipinski definition) is 1. The van der Waals surface area contributed by atoms with Gasteiger partial charge in [0, 0.05) is 6.42 Å². The number of ketones is 2. The Morgan fingerprint density at radius 2 is 1.30 bits per heavy atom. The van der Waals surface area contributed by atoms with Crippen LogP contribution in [-0.2, 0) is 19.1 Å². The van der Waals surface area contributed by atoms with Crippen LogP contribution in [0.25, 0.3) is 0 Å². The van der Waals surface area contributed by atoms with Gasteiger partial charge in [0.2, 0.25) is 5.78 Å². The number of rotatable bonds is 4. The molecule has 0 aromatic rings. The quantitative estimate of drug-likeness (QED) is 0.585. The Labute approximate surface area is 161 Å². The van der Waals surface area contributed by atoms with Gasteiger partial charge in [-0.2, -0.15) is 0 Å². The second-order valence-electron chi connectivity index (χ2n) is 9.37. The SMILES string of the molecule is CCC(=O)C(=O)[C@@H](N(NC(=O)OC(C)(C)C)C(=O)OC(C)(C)C)C(C)(C)C. The number of hydrazine groups is 1. The molecule has 27 heavy (non-hydrogen) atoms. The number of ether oxygens (including phenoxy) is 2. The molecule has 0 aliphatic heterocycles. The van der Waals surface area contributed by atoms with Crippen molar-refractivity contribution in [3.63, 3.8) is 0 Å². The third-order valence-electron chi connectivity index (χ3n) is 3.12. The average Bonchev–Trinajstić information content (AvgIpc) is 2.39. The van der Waals surface area contributed by atoms with E-state index in [0.29, 0.717) is 0 Å². The Kier molecular flexibility index (Phi) is 8.03. The van der Waals surface area contributed by atoms with E-state index in [2.05, 4.69) is 5.43 Å². The molecule has 0 aromatic carbocycles. The van der Waals surface area contributed by atoms with Crippen LogP contribution in [0.1, 0.15) is 75.7 Å². The topological polar surface area (TPSA) is 102 Å². The lowest BCUT2D eigenvalue weighted by Gasteiger charge is -2.38. The minimum atomic E-state index is -1.26. The molecule has 8 heteroatoms. The first-order valence-electron chi connectivity index (χ1n) is 8.98. The number of hydrogen-bond acceptors (Lipinski definition) is 6. The molecule has 0 fully saturated rings. The van der Waals surface area contributed by atoms with Crippen LogP contribution in [0.5, 0.6) is 0 Å². The van der Waals surface area contributed by atoms with Gasteiger partial charge in [-0.05, 0) is 47.0 Å². The van der Waals surface area contributed by atoms with Gasteiger partial charge in [-0.25, -0.2) is 20.0 Å². The van der Waals surface area contributed by atoms with Gasteiger partial charge in [-0.15, -0.1) is 0 Å². The molecule has 1 N–H and O–H groups in total. The standard InChI is InChI=1S/C19H34N2O6/c1-11-12(22)13(23)14(17(2,3)4)21(16(25)27-19(8,9)10)20-15(24)26-18(5,6)7/h14H,11H2,1-10H3,(H,20,24)/t14-/m1/s1. The van der Waals surface area contributed by atoms with E-state index in [1.165, 1.54) is 0 Å². The van der Waals surface area contributed by atoms with Crippen molar-refractivity contribution >= 4 is 23.8 Å². The molecule has 0 spiro atoms. The summed E-state index contributed by atoms with van der Waals surface area (Å²) in [6, 6.07) is -1.26. The zero-order valence-corrected chi connectivity index (χ0v) is 18.2. The largest absolute Gasteiger partial charge is 0.443 e. The Morgan fingerprint density at radius 1 is 0.852 bits per heavy atom. The van der Waals surface area contributed by atoms with Crippen molar-refractivity contribution in [2.24, 2.45) is 5.41 Å². The first-order chi connectivity index (χ1) is 11.9. The summed E-state index contributed by atoms with van der Waals surface area (Å²) >= 11 is 0. The first kappa shape index (κ1) is 24.9. The van der Waals surface area contributed by atoms with Gasteiger partial charge >= 0.3 is 12.2 Å². The van der Waals surface area contributed by atoms with E-state index in [1.807, 2.05) is 0 Å². The fraction of sp³-hybridized carbons (Fsp3) is 0.789. The molecule has 0 saturated carbocycles. The summed E-state index contributed by atoms with van der Waals surface area (Å²) in [4.78, 5) is 49.7. The second kappa shape index (κ2) is 8.71. The van der Waals surface area contributed by atoms with Gasteiger partial charge in [0.25, 0.3) is 0 Å².